The van der Waals surface area contributed by atoms with E-state index in [2.05, 4.69) is 4.72 Å². The number of sulfonamides is 1. The summed E-state index contributed by atoms with van der Waals surface area (Å²) in [5.74, 6) is 0.515. The Hall–Kier alpha value is -1.34. The van der Waals surface area contributed by atoms with Crippen LogP contribution in [0.15, 0.2) is 16.9 Å². The SMILES string of the molecule is COc1cc(C)n(CCNS(=O)(=O)C2CCCCC2)c(=O)c1. The molecule has 1 aromatic rings. The third-order valence-corrected chi connectivity index (χ3v) is 6.13. The van der Waals surface area contributed by atoms with E-state index in [1.165, 1.54) is 13.2 Å². The van der Waals surface area contributed by atoms with Gasteiger partial charge in [0.2, 0.25) is 10.0 Å². The first-order valence-corrected chi connectivity index (χ1v) is 9.22. The number of pyridine rings is 1. The number of aromatic nitrogens is 1. The molecule has 1 heterocycles. The Morgan fingerprint density at radius 2 is 1.95 bits per heavy atom. The summed E-state index contributed by atoms with van der Waals surface area (Å²) in [7, 11) is -1.77. The number of nitrogens with one attached hydrogen (secondary N) is 1. The standard InChI is InChI=1S/C15H24N2O4S/c1-12-10-13(21-2)11-15(18)17(12)9-8-16-22(19,20)14-6-4-3-5-7-14/h10-11,14,16H,3-9H2,1-2H3. The molecule has 0 saturated heterocycles. The number of hydrogen-bond acceptors (Lipinski definition) is 4. The van der Waals surface area contributed by atoms with Crippen molar-refractivity contribution in [1.82, 2.24) is 9.29 Å². The number of aryl methyl sites for hydroxylation is 1. The quantitative estimate of drug-likeness (QED) is 0.857. The van der Waals surface area contributed by atoms with Crippen LogP contribution in [0.2, 0.25) is 0 Å². The van der Waals surface area contributed by atoms with Crippen LogP contribution in [0.1, 0.15) is 37.8 Å². The minimum absolute atomic E-state index is 0.186. The molecule has 22 heavy (non-hydrogen) atoms. The summed E-state index contributed by atoms with van der Waals surface area (Å²) in [5.41, 5.74) is 0.565. The first kappa shape index (κ1) is 17.0. The maximum atomic E-state index is 12.2. The molecule has 124 valence electrons. The van der Waals surface area contributed by atoms with E-state index < -0.39 is 10.0 Å². The molecule has 1 aromatic heterocycles. The summed E-state index contributed by atoms with van der Waals surface area (Å²) in [6.45, 7) is 2.35. The zero-order valence-corrected chi connectivity index (χ0v) is 14.0. The Labute approximate surface area is 131 Å². The molecule has 2 rings (SSSR count). The summed E-state index contributed by atoms with van der Waals surface area (Å²) in [6, 6.07) is 3.17. The van der Waals surface area contributed by atoms with Crippen LogP contribution in [0.3, 0.4) is 0 Å². The van der Waals surface area contributed by atoms with Crippen molar-refractivity contribution in [3.05, 3.63) is 28.2 Å². The fourth-order valence-electron chi connectivity index (χ4n) is 2.90. The zero-order valence-electron chi connectivity index (χ0n) is 13.2. The van der Waals surface area contributed by atoms with Crippen molar-refractivity contribution < 1.29 is 13.2 Å². The van der Waals surface area contributed by atoms with Crippen molar-refractivity contribution in [2.75, 3.05) is 13.7 Å². The van der Waals surface area contributed by atoms with Gasteiger partial charge >= 0.3 is 0 Å². The second-order valence-electron chi connectivity index (χ2n) is 5.73. The van der Waals surface area contributed by atoms with Crippen LogP contribution in [0.4, 0.5) is 0 Å². The molecule has 7 heteroatoms. The summed E-state index contributed by atoms with van der Waals surface area (Å²) in [4.78, 5) is 12.0. The Bertz CT molecular complexity index is 661. The molecular formula is C15H24N2O4S. The lowest BCUT2D eigenvalue weighted by atomic mass is 10.0. The van der Waals surface area contributed by atoms with Gasteiger partial charge in [-0.15, -0.1) is 0 Å². The lowest BCUT2D eigenvalue weighted by Gasteiger charge is -2.22. The van der Waals surface area contributed by atoms with Gasteiger partial charge in [0.15, 0.2) is 0 Å². The van der Waals surface area contributed by atoms with Gasteiger partial charge in [0.1, 0.15) is 5.75 Å². The van der Waals surface area contributed by atoms with Crippen LogP contribution in [0.25, 0.3) is 0 Å². The van der Waals surface area contributed by atoms with Gasteiger partial charge in [0.05, 0.1) is 12.4 Å². The fourth-order valence-corrected chi connectivity index (χ4v) is 4.46. The van der Waals surface area contributed by atoms with E-state index in [4.69, 9.17) is 4.74 Å². The minimum Gasteiger partial charge on any atom is -0.496 e. The van der Waals surface area contributed by atoms with E-state index in [-0.39, 0.29) is 17.4 Å². The summed E-state index contributed by atoms with van der Waals surface area (Å²) in [6.07, 6.45) is 4.53. The van der Waals surface area contributed by atoms with E-state index in [9.17, 15) is 13.2 Å². The topological polar surface area (TPSA) is 77.4 Å². The highest BCUT2D eigenvalue weighted by molar-refractivity contribution is 7.90. The van der Waals surface area contributed by atoms with Gasteiger partial charge in [-0.25, -0.2) is 13.1 Å². The molecule has 0 amide bonds. The molecule has 1 saturated carbocycles. The molecule has 0 bridgehead atoms. The van der Waals surface area contributed by atoms with Gasteiger partial charge in [-0.05, 0) is 25.8 Å². The van der Waals surface area contributed by atoms with Crippen molar-refractivity contribution in [1.29, 1.82) is 0 Å². The summed E-state index contributed by atoms with van der Waals surface area (Å²) in [5, 5.41) is -0.282. The summed E-state index contributed by atoms with van der Waals surface area (Å²) >= 11 is 0. The molecule has 1 aliphatic rings. The predicted octanol–water partition coefficient (Wildman–Crippen LogP) is 1.42. The van der Waals surface area contributed by atoms with Crippen LogP contribution in [-0.2, 0) is 16.6 Å². The third-order valence-electron chi connectivity index (χ3n) is 4.17. The van der Waals surface area contributed by atoms with E-state index >= 15 is 0 Å². The molecular weight excluding hydrogens is 304 g/mol. The molecule has 0 atom stereocenters. The van der Waals surface area contributed by atoms with E-state index in [1.54, 1.807) is 17.6 Å². The van der Waals surface area contributed by atoms with Crippen LogP contribution >= 0.6 is 0 Å². The van der Waals surface area contributed by atoms with E-state index in [1.807, 2.05) is 0 Å². The smallest absolute Gasteiger partial charge is 0.254 e. The second-order valence-corrected chi connectivity index (χ2v) is 7.77. The number of methoxy groups -OCH3 is 1. The third kappa shape index (κ3) is 4.10. The van der Waals surface area contributed by atoms with Crippen molar-refractivity contribution >= 4 is 10.0 Å². The fraction of sp³-hybridized carbons (Fsp3) is 0.667. The molecule has 0 unspecified atom stereocenters. The van der Waals surface area contributed by atoms with Crippen LogP contribution < -0.4 is 15.0 Å². The Morgan fingerprint density at radius 1 is 1.27 bits per heavy atom. The molecule has 0 radical (unpaired) electrons. The highest BCUT2D eigenvalue weighted by atomic mass is 32.2. The Morgan fingerprint density at radius 3 is 2.55 bits per heavy atom. The zero-order chi connectivity index (χ0) is 16.2. The lowest BCUT2D eigenvalue weighted by Crippen LogP contribution is -2.38. The van der Waals surface area contributed by atoms with Crippen molar-refractivity contribution in [2.45, 2.75) is 50.8 Å². The molecule has 0 spiro atoms. The lowest BCUT2D eigenvalue weighted by molar-refractivity contribution is 0.411. The highest BCUT2D eigenvalue weighted by Gasteiger charge is 2.26. The number of nitrogens with zero attached hydrogens (tertiary/aromatic N) is 1. The molecule has 0 aromatic carbocycles. The normalized spacial score (nSPS) is 16.6. The Balaban J connectivity index is 1.97. The monoisotopic (exact) mass is 328 g/mol. The first-order chi connectivity index (χ1) is 10.4. The van der Waals surface area contributed by atoms with Gasteiger partial charge in [-0.3, -0.25) is 4.79 Å². The molecule has 1 fully saturated rings. The van der Waals surface area contributed by atoms with E-state index in [0.29, 0.717) is 12.3 Å². The van der Waals surface area contributed by atoms with Gasteiger partial charge in [-0.2, -0.15) is 0 Å². The number of ether oxygens (including phenoxy) is 1. The Kier molecular flexibility index (Phi) is 5.63. The van der Waals surface area contributed by atoms with Crippen molar-refractivity contribution in [3.63, 3.8) is 0 Å². The van der Waals surface area contributed by atoms with Crippen molar-refractivity contribution in [3.8, 4) is 5.75 Å². The highest BCUT2D eigenvalue weighted by Crippen LogP contribution is 2.22. The summed E-state index contributed by atoms with van der Waals surface area (Å²) < 4.78 is 33.7. The second kappa shape index (κ2) is 7.28. The van der Waals surface area contributed by atoms with Gasteiger partial charge < -0.3 is 9.30 Å². The van der Waals surface area contributed by atoms with Crippen LogP contribution in [0.5, 0.6) is 5.75 Å². The largest absolute Gasteiger partial charge is 0.496 e. The average molecular weight is 328 g/mol. The van der Waals surface area contributed by atoms with E-state index in [0.717, 1.165) is 37.8 Å². The van der Waals surface area contributed by atoms with Crippen LogP contribution in [-0.4, -0.2) is 31.9 Å². The molecule has 0 aliphatic heterocycles. The maximum Gasteiger partial charge on any atom is 0.254 e. The average Bonchev–Trinajstić information content (AvgIpc) is 2.50. The number of hydrogen-bond donors (Lipinski definition) is 1. The molecule has 1 aliphatic carbocycles. The van der Waals surface area contributed by atoms with Gasteiger partial charge in [-0.1, -0.05) is 19.3 Å². The van der Waals surface area contributed by atoms with Gasteiger partial charge in [0, 0.05) is 24.8 Å². The maximum absolute atomic E-state index is 12.2. The van der Waals surface area contributed by atoms with Gasteiger partial charge in [0.25, 0.3) is 5.56 Å². The van der Waals surface area contributed by atoms with Crippen molar-refractivity contribution in [2.24, 2.45) is 0 Å². The molecule has 1 N–H and O–H groups in total. The van der Waals surface area contributed by atoms with Crippen LogP contribution in [0, 0.1) is 6.92 Å². The predicted molar refractivity (Wildman–Crippen MR) is 85.8 cm³/mol. The minimum atomic E-state index is -3.28. The first-order valence-electron chi connectivity index (χ1n) is 7.68. The number of rotatable bonds is 6. The molecule has 6 nitrogen and oxygen atoms in total.